The third-order valence-electron chi connectivity index (χ3n) is 3.69. The van der Waals surface area contributed by atoms with Crippen LogP contribution in [0.1, 0.15) is 43.5 Å². The second-order valence-corrected chi connectivity index (χ2v) is 6.24. The second kappa shape index (κ2) is 7.28. The van der Waals surface area contributed by atoms with E-state index in [2.05, 4.69) is 64.0 Å². The van der Waals surface area contributed by atoms with Crippen LogP contribution in [0.4, 0.5) is 0 Å². The number of benzene rings is 1. The maximum atomic E-state index is 5.95. The molecule has 108 valence electrons. The summed E-state index contributed by atoms with van der Waals surface area (Å²) in [5.74, 6) is 0.424. The lowest BCUT2D eigenvalue weighted by atomic mass is 9.96. The average Bonchev–Trinajstić information content (AvgIpc) is 2.93. The lowest BCUT2D eigenvalue weighted by Crippen LogP contribution is -2.08. The highest BCUT2D eigenvalue weighted by molar-refractivity contribution is 9.09. The highest BCUT2D eigenvalue weighted by Gasteiger charge is 2.13. The molecule has 2 aromatic rings. The molecular formula is C16H20BrClN2. The van der Waals surface area contributed by atoms with Crippen molar-refractivity contribution >= 4 is 27.5 Å². The van der Waals surface area contributed by atoms with Crippen molar-refractivity contribution in [1.29, 1.82) is 0 Å². The van der Waals surface area contributed by atoms with Crippen LogP contribution in [0.25, 0.3) is 0 Å². The summed E-state index contributed by atoms with van der Waals surface area (Å²) in [6.07, 6.45) is 4.12. The summed E-state index contributed by atoms with van der Waals surface area (Å²) in [6.45, 7) is 4.37. The Morgan fingerprint density at radius 2 is 1.95 bits per heavy atom. The van der Waals surface area contributed by atoms with Crippen LogP contribution >= 0.6 is 27.5 Å². The third-order valence-corrected chi connectivity index (χ3v) is 4.72. The van der Waals surface area contributed by atoms with E-state index in [9.17, 15) is 0 Å². The Morgan fingerprint density at radius 3 is 2.55 bits per heavy atom. The molecule has 0 N–H and O–H groups in total. The Bertz CT molecular complexity index is 536. The molecule has 2 nitrogen and oxygen atoms in total. The molecular weight excluding hydrogens is 336 g/mol. The SMILES string of the molecule is CCC(C)n1ccc(CC(CBr)c2ccc(Cl)cc2)n1. The van der Waals surface area contributed by atoms with Crippen molar-refractivity contribution in [1.82, 2.24) is 9.78 Å². The van der Waals surface area contributed by atoms with Gasteiger partial charge in [0.05, 0.1) is 5.69 Å². The van der Waals surface area contributed by atoms with Gasteiger partial charge in [0.2, 0.25) is 0 Å². The van der Waals surface area contributed by atoms with E-state index in [1.165, 1.54) is 5.56 Å². The van der Waals surface area contributed by atoms with Gasteiger partial charge in [-0.2, -0.15) is 5.10 Å². The standard InChI is InChI=1S/C16H20BrClN2/c1-3-12(2)20-9-8-16(19-20)10-14(11-17)13-4-6-15(18)7-5-13/h4-9,12,14H,3,10-11H2,1-2H3. The van der Waals surface area contributed by atoms with Gasteiger partial charge in [0.1, 0.15) is 0 Å². The van der Waals surface area contributed by atoms with Gasteiger partial charge in [0, 0.05) is 22.6 Å². The zero-order valence-corrected chi connectivity index (χ0v) is 14.2. The van der Waals surface area contributed by atoms with Gasteiger partial charge in [-0.05, 0) is 49.4 Å². The minimum Gasteiger partial charge on any atom is -0.270 e. The maximum Gasteiger partial charge on any atom is 0.0631 e. The van der Waals surface area contributed by atoms with Gasteiger partial charge in [-0.1, -0.05) is 46.6 Å². The number of alkyl halides is 1. The van der Waals surface area contributed by atoms with Crippen LogP contribution in [-0.2, 0) is 6.42 Å². The Morgan fingerprint density at radius 1 is 1.25 bits per heavy atom. The largest absolute Gasteiger partial charge is 0.270 e. The van der Waals surface area contributed by atoms with Gasteiger partial charge in [0.25, 0.3) is 0 Å². The van der Waals surface area contributed by atoms with E-state index in [1.807, 2.05) is 12.1 Å². The number of hydrogen-bond acceptors (Lipinski definition) is 1. The molecule has 2 atom stereocenters. The molecule has 0 amide bonds. The summed E-state index contributed by atoms with van der Waals surface area (Å²) in [7, 11) is 0. The molecule has 0 radical (unpaired) electrons. The molecule has 0 aliphatic heterocycles. The zero-order chi connectivity index (χ0) is 14.5. The minimum atomic E-state index is 0.424. The van der Waals surface area contributed by atoms with E-state index in [-0.39, 0.29) is 0 Å². The summed E-state index contributed by atoms with van der Waals surface area (Å²) in [4.78, 5) is 0. The predicted octanol–water partition coefficient (Wildman–Crippen LogP) is 5.23. The summed E-state index contributed by atoms with van der Waals surface area (Å²) in [6, 6.07) is 10.7. The molecule has 2 unspecified atom stereocenters. The van der Waals surface area contributed by atoms with Crippen molar-refractivity contribution in [2.24, 2.45) is 0 Å². The molecule has 1 aromatic heterocycles. The first-order chi connectivity index (χ1) is 9.63. The Hall–Kier alpha value is -0.800. The fourth-order valence-corrected chi connectivity index (χ4v) is 2.90. The van der Waals surface area contributed by atoms with Gasteiger partial charge in [-0.3, -0.25) is 4.68 Å². The summed E-state index contributed by atoms with van der Waals surface area (Å²) < 4.78 is 2.06. The van der Waals surface area contributed by atoms with Crippen LogP contribution < -0.4 is 0 Å². The van der Waals surface area contributed by atoms with Crippen LogP contribution in [-0.4, -0.2) is 15.1 Å². The summed E-state index contributed by atoms with van der Waals surface area (Å²) >= 11 is 9.56. The fraction of sp³-hybridized carbons (Fsp3) is 0.438. The first kappa shape index (κ1) is 15.6. The van der Waals surface area contributed by atoms with Crippen molar-refractivity contribution in [2.45, 2.75) is 38.6 Å². The van der Waals surface area contributed by atoms with Crippen molar-refractivity contribution in [3.63, 3.8) is 0 Å². The van der Waals surface area contributed by atoms with Crippen LogP contribution in [0.5, 0.6) is 0 Å². The summed E-state index contributed by atoms with van der Waals surface area (Å²) in [5.41, 5.74) is 2.44. The first-order valence-electron chi connectivity index (χ1n) is 6.99. The molecule has 0 saturated carbocycles. The predicted molar refractivity (Wildman–Crippen MR) is 88.9 cm³/mol. The maximum absolute atomic E-state index is 5.95. The van der Waals surface area contributed by atoms with Crippen LogP contribution in [0, 0.1) is 0 Å². The number of aromatic nitrogens is 2. The number of nitrogens with zero attached hydrogens (tertiary/aromatic N) is 2. The van der Waals surface area contributed by atoms with Gasteiger partial charge < -0.3 is 0 Å². The molecule has 0 aliphatic rings. The van der Waals surface area contributed by atoms with Crippen molar-refractivity contribution in [3.8, 4) is 0 Å². The van der Waals surface area contributed by atoms with Crippen molar-refractivity contribution in [2.75, 3.05) is 5.33 Å². The third kappa shape index (κ3) is 3.86. The van der Waals surface area contributed by atoms with E-state index < -0.39 is 0 Å². The van der Waals surface area contributed by atoms with Crippen LogP contribution in [0.2, 0.25) is 5.02 Å². The lowest BCUT2D eigenvalue weighted by molar-refractivity contribution is 0.472. The topological polar surface area (TPSA) is 17.8 Å². The molecule has 20 heavy (non-hydrogen) atoms. The summed E-state index contributed by atoms with van der Waals surface area (Å²) in [5, 5.41) is 6.38. The van der Waals surface area contributed by atoms with Crippen LogP contribution in [0.3, 0.4) is 0 Å². The molecule has 0 aliphatic carbocycles. The Balaban J connectivity index is 2.10. The van der Waals surface area contributed by atoms with Gasteiger partial charge in [-0.25, -0.2) is 0 Å². The van der Waals surface area contributed by atoms with Crippen molar-refractivity contribution in [3.05, 3.63) is 52.8 Å². The average molecular weight is 356 g/mol. The smallest absolute Gasteiger partial charge is 0.0631 e. The number of halogens is 2. The highest BCUT2D eigenvalue weighted by Crippen LogP contribution is 2.24. The Labute approximate surface area is 134 Å². The number of hydrogen-bond donors (Lipinski definition) is 0. The van der Waals surface area contributed by atoms with Gasteiger partial charge in [0.15, 0.2) is 0 Å². The van der Waals surface area contributed by atoms with Crippen molar-refractivity contribution < 1.29 is 0 Å². The quantitative estimate of drug-likeness (QED) is 0.649. The lowest BCUT2D eigenvalue weighted by Gasteiger charge is -2.13. The van der Waals surface area contributed by atoms with E-state index in [1.54, 1.807) is 0 Å². The molecule has 0 fully saturated rings. The highest BCUT2D eigenvalue weighted by atomic mass is 79.9. The second-order valence-electron chi connectivity index (χ2n) is 5.15. The number of rotatable bonds is 6. The van der Waals surface area contributed by atoms with Crippen LogP contribution in [0.15, 0.2) is 36.5 Å². The van der Waals surface area contributed by atoms with Gasteiger partial charge in [-0.15, -0.1) is 0 Å². The molecule has 1 heterocycles. The molecule has 4 heteroatoms. The zero-order valence-electron chi connectivity index (χ0n) is 11.9. The van der Waals surface area contributed by atoms with Gasteiger partial charge >= 0.3 is 0 Å². The monoisotopic (exact) mass is 354 g/mol. The van der Waals surface area contributed by atoms with E-state index in [0.717, 1.165) is 28.9 Å². The van der Waals surface area contributed by atoms with E-state index >= 15 is 0 Å². The Kier molecular flexibility index (Phi) is 5.67. The van der Waals surface area contributed by atoms with E-state index in [0.29, 0.717) is 12.0 Å². The molecule has 1 aromatic carbocycles. The fourth-order valence-electron chi connectivity index (χ4n) is 2.17. The molecule has 0 saturated heterocycles. The molecule has 0 spiro atoms. The minimum absolute atomic E-state index is 0.424. The first-order valence-corrected chi connectivity index (χ1v) is 8.49. The molecule has 2 rings (SSSR count). The van der Waals surface area contributed by atoms with E-state index in [4.69, 9.17) is 11.6 Å². The molecule has 0 bridgehead atoms. The normalized spacial score (nSPS) is 14.2.